The summed E-state index contributed by atoms with van der Waals surface area (Å²) in [6.07, 6.45) is 4.63. The molecule has 0 amide bonds. The molecule has 1 aliphatic heterocycles. The number of nitrogens with one attached hydrogen (secondary N) is 1. The van der Waals surface area contributed by atoms with E-state index in [1.165, 1.54) is 0 Å². The molecule has 1 heterocycles. The largest absolute Gasteiger partial charge is 0.475 e. The van der Waals surface area contributed by atoms with Crippen molar-refractivity contribution in [2.45, 2.75) is 20.0 Å². The molecule has 0 saturated carbocycles. The van der Waals surface area contributed by atoms with E-state index in [1.54, 1.807) is 19.1 Å². The minimum atomic E-state index is -0.588. The number of esters is 1. The first-order chi connectivity index (χ1) is 7.72. The van der Waals surface area contributed by atoms with Crippen molar-refractivity contribution in [2.75, 3.05) is 13.2 Å². The molecule has 0 radical (unpaired) electrons. The third-order valence-electron chi connectivity index (χ3n) is 2.12. The molecule has 4 nitrogen and oxygen atoms in total. The van der Waals surface area contributed by atoms with Gasteiger partial charge in [-0.2, -0.15) is 0 Å². The number of ether oxygens (including phenoxy) is 2. The molecule has 1 N–H and O–H groups in total. The molecule has 1 saturated heterocycles. The third kappa shape index (κ3) is 2.89. The fourth-order valence-corrected chi connectivity index (χ4v) is 1.40. The number of morpholine rings is 1. The Morgan fingerprint density at radius 3 is 3.06 bits per heavy atom. The highest BCUT2D eigenvalue weighted by Gasteiger charge is 2.27. The van der Waals surface area contributed by atoms with Crippen LogP contribution < -0.4 is 5.32 Å². The van der Waals surface area contributed by atoms with E-state index in [4.69, 9.17) is 9.47 Å². The number of hydrogen-bond donors (Lipinski definition) is 1. The van der Waals surface area contributed by atoms with Gasteiger partial charge in [-0.15, -0.1) is 0 Å². The topological polar surface area (TPSA) is 47.6 Å². The Kier molecular flexibility index (Phi) is 4.64. The van der Waals surface area contributed by atoms with Crippen LogP contribution in [-0.2, 0) is 14.3 Å². The fraction of sp³-hybridized carbons (Fsp3) is 0.417. The quantitative estimate of drug-likeness (QED) is 0.737. The summed E-state index contributed by atoms with van der Waals surface area (Å²) in [6.45, 7) is 8.05. The molecule has 4 heteroatoms. The minimum Gasteiger partial charge on any atom is -0.475 e. The summed E-state index contributed by atoms with van der Waals surface area (Å²) < 4.78 is 10.4. The van der Waals surface area contributed by atoms with E-state index in [1.807, 2.05) is 13.0 Å². The van der Waals surface area contributed by atoms with Crippen LogP contribution in [-0.4, -0.2) is 25.2 Å². The van der Waals surface area contributed by atoms with Crippen LogP contribution in [0, 0.1) is 0 Å². The summed E-state index contributed by atoms with van der Waals surface area (Å²) in [5, 5.41) is 3.11. The van der Waals surface area contributed by atoms with Crippen LogP contribution in [0.5, 0.6) is 0 Å². The van der Waals surface area contributed by atoms with E-state index < -0.39 is 6.10 Å². The van der Waals surface area contributed by atoms with Crippen LogP contribution in [0.4, 0.5) is 0 Å². The van der Waals surface area contributed by atoms with Crippen LogP contribution in [0.15, 0.2) is 36.3 Å². The normalized spacial score (nSPS) is 24.8. The monoisotopic (exact) mass is 223 g/mol. The van der Waals surface area contributed by atoms with Gasteiger partial charge in [0.2, 0.25) is 6.10 Å². The highest BCUT2D eigenvalue weighted by molar-refractivity contribution is 5.75. The molecular weight excluding hydrogens is 206 g/mol. The lowest BCUT2D eigenvalue weighted by Crippen LogP contribution is -2.41. The van der Waals surface area contributed by atoms with Gasteiger partial charge in [0.1, 0.15) is 5.76 Å². The molecule has 0 aromatic heterocycles. The molecule has 1 rings (SSSR count). The zero-order chi connectivity index (χ0) is 12.0. The fourth-order valence-electron chi connectivity index (χ4n) is 1.40. The summed E-state index contributed by atoms with van der Waals surface area (Å²) in [4.78, 5) is 11.5. The Bertz CT molecular complexity index is 331. The Morgan fingerprint density at radius 1 is 1.75 bits per heavy atom. The molecular formula is C12H17NO3. The van der Waals surface area contributed by atoms with Gasteiger partial charge in [-0.1, -0.05) is 18.7 Å². The second-order valence-corrected chi connectivity index (χ2v) is 3.21. The molecule has 0 bridgehead atoms. The Labute approximate surface area is 95.6 Å². The maximum atomic E-state index is 11.5. The summed E-state index contributed by atoms with van der Waals surface area (Å²) in [6, 6.07) is 0. The van der Waals surface area contributed by atoms with Crippen LogP contribution in [0.1, 0.15) is 13.8 Å². The van der Waals surface area contributed by atoms with Gasteiger partial charge in [0.05, 0.1) is 18.8 Å². The van der Waals surface area contributed by atoms with E-state index in [0.29, 0.717) is 18.9 Å². The van der Waals surface area contributed by atoms with Gasteiger partial charge < -0.3 is 14.8 Å². The van der Waals surface area contributed by atoms with Crippen molar-refractivity contribution < 1.29 is 14.3 Å². The highest BCUT2D eigenvalue weighted by Crippen LogP contribution is 2.17. The Balaban J connectivity index is 2.73. The lowest BCUT2D eigenvalue weighted by molar-refractivity contribution is -0.154. The van der Waals surface area contributed by atoms with Crippen LogP contribution in [0.25, 0.3) is 0 Å². The summed E-state index contributed by atoms with van der Waals surface area (Å²) in [7, 11) is 0. The number of rotatable bonds is 3. The van der Waals surface area contributed by atoms with Crippen molar-refractivity contribution in [2.24, 2.45) is 0 Å². The lowest BCUT2D eigenvalue weighted by atomic mass is 10.2. The van der Waals surface area contributed by atoms with Gasteiger partial charge >= 0.3 is 5.97 Å². The molecule has 16 heavy (non-hydrogen) atoms. The zero-order valence-electron chi connectivity index (χ0n) is 9.66. The van der Waals surface area contributed by atoms with Crippen molar-refractivity contribution in [3.8, 4) is 0 Å². The third-order valence-corrected chi connectivity index (χ3v) is 2.12. The van der Waals surface area contributed by atoms with Crippen molar-refractivity contribution in [1.82, 2.24) is 5.32 Å². The summed E-state index contributed by atoms with van der Waals surface area (Å²) >= 11 is 0. The first kappa shape index (κ1) is 12.4. The van der Waals surface area contributed by atoms with Crippen LogP contribution in [0.2, 0.25) is 0 Å². The summed E-state index contributed by atoms with van der Waals surface area (Å²) in [5.74, 6) is 0.266. The maximum Gasteiger partial charge on any atom is 0.349 e. The van der Waals surface area contributed by atoms with Crippen LogP contribution in [0.3, 0.4) is 0 Å². The lowest BCUT2D eigenvalue weighted by Gasteiger charge is -2.27. The van der Waals surface area contributed by atoms with Gasteiger partial charge in [-0.25, -0.2) is 4.79 Å². The average Bonchev–Trinajstić information content (AvgIpc) is 2.29. The number of hydrogen-bond acceptors (Lipinski definition) is 4. The minimum absolute atomic E-state index is 0.347. The van der Waals surface area contributed by atoms with E-state index in [-0.39, 0.29) is 5.97 Å². The maximum absolute atomic E-state index is 11.5. The SMILES string of the molecule is C=C/C=C1/OC(C(=O)OCC)CN/C1=C/C. The zero-order valence-corrected chi connectivity index (χ0v) is 9.66. The molecule has 0 spiro atoms. The van der Waals surface area contributed by atoms with Gasteiger partial charge in [0.15, 0.2) is 0 Å². The van der Waals surface area contributed by atoms with Crippen molar-refractivity contribution in [3.63, 3.8) is 0 Å². The van der Waals surface area contributed by atoms with E-state index >= 15 is 0 Å². The second kappa shape index (κ2) is 6.00. The summed E-state index contributed by atoms with van der Waals surface area (Å²) in [5.41, 5.74) is 0.862. The first-order valence-corrected chi connectivity index (χ1v) is 5.29. The highest BCUT2D eigenvalue weighted by atomic mass is 16.6. The Hall–Kier alpha value is -1.71. The number of carbonyl (C=O) groups excluding carboxylic acids is 1. The molecule has 1 fully saturated rings. The number of allylic oxidation sites excluding steroid dienone is 3. The Morgan fingerprint density at radius 2 is 2.50 bits per heavy atom. The van der Waals surface area contributed by atoms with E-state index in [2.05, 4.69) is 11.9 Å². The van der Waals surface area contributed by atoms with Crippen molar-refractivity contribution >= 4 is 5.97 Å². The van der Waals surface area contributed by atoms with Crippen LogP contribution >= 0.6 is 0 Å². The van der Waals surface area contributed by atoms with Gasteiger partial charge in [-0.05, 0) is 19.9 Å². The van der Waals surface area contributed by atoms with Crippen molar-refractivity contribution in [3.05, 3.63) is 36.3 Å². The van der Waals surface area contributed by atoms with E-state index in [9.17, 15) is 4.79 Å². The second-order valence-electron chi connectivity index (χ2n) is 3.21. The van der Waals surface area contributed by atoms with Gasteiger partial charge in [0, 0.05) is 0 Å². The standard InChI is InChI=1S/C12H17NO3/c1-4-7-10-9(5-2)13-8-11(16-10)12(14)15-6-3/h4-5,7,11,13H,1,6,8H2,2-3H3/b9-5+,10-7+. The smallest absolute Gasteiger partial charge is 0.349 e. The van der Waals surface area contributed by atoms with Crippen molar-refractivity contribution in [1.29, 1.82) is 0 Å². The predicted octanol–water partition coefficient (Wildman–Crippen LogP) is 1.51. The first-order valence-electron chi connectivity index (χ1n) is 5.29. The van der Waals surface area contributed by atoms with Gasteiger partial charge in [-0.3, -0.25) is 0 Å². The molecule has 1 unspecified atom stereocenters. The molecule has 0 aromatic rings. The van der Waals surface area contributed by atoms with E-state index in [0.717, 1.165) is 5.70 Å². The van der Waals surface area contributed by atoms with Gasteiger partial charge in [0.25, 0.3) is 0 Å². The predicted molar refractivity (Wildman–Crippen MR) is 61.5 cm³/mol. The molecule has 1 aliphatic rings. The molecule has 0 aromatic carbocycles. The molecule has 0 aliphatic carbocycles. The number of carbonyl (C=O) groups is 1. The molecule has 1 atom stereocenters. The average molecular weight is 223 g/mol. The molecule has 88 valence electrons.